The van der Waals surface area contributed by atoms with Gasteiger partial charge in [0.25, 0.3) is 0 Å². The standard InChI is InChI=1S/C11H10INOS/c1-7-2-3-13-5-9(7)11(14)8-4-10(12)15-6-8/h2-6,11,14H,1H3. The first kappa shape index (κ1) is 11.0. The number of aliphatic hydroxyl groups is 1. The van der Waals surface area contributed by atoms with E-state index in [1.54, 1.807) is 23.7 Å². The Morgan fingerprint density at radius 2 is 2.33 bits per heavy atom. The Hall–Kier alpha value is -0.460. The van der Waals surface area contributed by atoms with E-state index in [4.69, 9.17) is 0 Å². The summed E-state index contributed by atoms with van der Waals surface area (Å²) in [7, 11) is 0. The number of rotatable bonds is 2. The average Bonchev–Trinajstić information content (AvgIpc) is 2.65. The van der Waals surface area contributed by atoms with Gasteiger partial charge in [0.15, 0.2) is 0 Å². The molecule has 1 unspecified atom stereocenters. The number of halogens is 1. The molecule has 1 N–H and O–H groups in total. The fourth-order valence-corrected chi connectivity index (χ4v) is 2.80. The van der Waals surface area contributed by atoms with Crippen molar-refractivity contribution < 1.29 is 5.11 Å². The SMILES string of the molecule is Cc1ccncc1C(O)c1csc(I)c1. The maximum absolute atomic E-state index is 10.1. The summed E-state index contributed by atoms with van der Waals surface area (Å²) in [5, 5.41) is 12.1. The molecule has 2 heterocycles. The fourth-order valence-electron chi connectivity index (χ4n) is 1.41. The highest BCUT2D eigenvalue weighted by Gasteiger charge is 2.14. The number of aryl methyl sites for hydroxylation is 1. The lowest BCUT2D eigenvalue weighted by Crippen LogP contribution is -2.01. The van der Waals surface area contributed by atoms with E-state index >= 15 is 0 Å². The van der Waals surface area contributed by atoms with E-state index in [1.165, 1.54) is 2.88 Å². The highest BCUT2D eigenvalue weighted by Crippen LogP contribution is 2.28. The van der Waals surface area contributed by atoms with Crippen molar-refractivity contribution in [1.29, 1.82) is 0 Å². The van der Waals surface area contributed by atoms with Crippen LogP contribution in [0.5, 0.6) is 0 Å². The van der Waals surface area contributed by atoms with Gasteiger partial charge in [-0.25, -0.2) is 0 Å². The molecular weight excluding hydrogens is 321 g/mol. The summed E-state index contributed by atoms with van der Waals surface area (Å²) in [5.74, 6) is 0. The molecule has 78 valence electrons. The van der Waals surface area contributed by atoms with Gasteiger partial charge in [-0.3, -0.25) is 4.98 Å². The summed E-state index contributed by atoms with van der Waals surface area (Å²) in [6, 6.07) is 3.91. The third-order valence-corrected chi connectivity index (χ3v) is 4.08. The first-order chi connectivity index (χ1) is 7.18. The molecule has 0 fully saturated rings. The van der Waals surface area contributed by atoms with Crippen LogP contribution in [-0.2, 0) is 0 Å². The van der Waals surface area contributed by atoms with Gasteiger partial charge >= 0.3 is 0 Å². The van der Waals surface area contributed by atoms with Crippen molar-refractivity contribution in [2.45, 2.75) is 13.0 Å². The van der Waals surface area contributed by atoms with Gasteiger partial charge in [-0.2, -0.15) is 0 Å². The number of nitrogens with zero attached hydrogens (tertiary/aromatic N) is 1. The molecule has 2 aromatic heterocycles. The molecule has 2 aromatic rings. The Labute approximate surface area is 106 Å². The zero-order chi connectivity index (χ0) is 10.8. The molecule has 0 aliphatic heterocycles. The zero-order valence-corrected chi connectivity index (χ0v) is 11.1. The van der Waals surface area contributed by atoms with Crippen molar-refractivity contribution in [2.24, 2.45) is 0 Å². The molecule has 0 saturated heterocycles. The predicted molar refractivity (Wildman–Crippen MR) is 70.1 cm³/mol. The van der Waals surface area contributed by atoms with Crippen LogP contribution in [0.15, 0.2) is 29.9 Å². The molecule has 0 bridgehead atoms. The molecule has 0 aromatic carbocycles. The largest absolute Gasteiger partial charge is 0.384 e. The van der Waals surface area contributed by atoms with Crippen molar-refractivity contribution >= 4 is 33.9 Å². The van der Waals surface area contributed by atoms with Crippen LogP contribution in [0.2, 0.25) is 0 Å². The molecule has 0 amide bonds. The summed E-state index contributed by atoms with van der Waals surface area (Å²) in [6.45, 7) is 1.98. The maximum Gasteiger partial charge on any atom is 0.107 e. The van der Waals surface area contributed by atoms with Crippen LogP contribution < -0.4 is 0 Å². The topological polar surface area (TPSA) is 33.1 Å². The second-order valence-electron chi connectivity index (χ2n) is 3.32. The van der Waals surface area contributed by atoms with Gasteiger partial charge in [0.1, 0.15) is 6.10 Å². The molecule has 0 radical (unpaired) electrons. The smallest absolute Gasteiger partial charge is 0.107 e. The predicted octanol–water partition coefficient (Wildman–Crippen LogP) is 3.14. The summed E-state index contributed by atoms with van der Waals surface area (Å²) in [5.41, 5.74) is 2.89. The minimum absolute atomic E-state index is 0.557. The Morgan fingerprint density at radius 3 is 2.93 bits per heavy atom. The second kappa shape index (κ2) is 4.59. The lowest BCUT2D eigenvalue weighted by Gasteiger charge is -2.11. The van der Waals surface area contributed by atoms with Crippen molar-refractivity contribution in [3.63, 3.8) is 0 Å². The second-order valence-corrected chi connectivity index (χ2v) is 6.12. The molecule has 4 heteroatoms. The average molecular weight is 331 g/mol. The molecule has 0 spiro atoms. The van der Waals surface area contributed by atoms with Crippen LogP contribution in [0, 0.1) is 9.81 Å². The molecule has 15 heavy (non-hydrogen) atoms. The van der Waals surface area contributed by atoms with Crippen molar-refractivity contribution in [3.05, 3.63) is 49.5 Å². The molecule has 2 nitrogen and oxygen atoms in total. The Kier molecular flexibility index (Phi) is 3.38. The lowest BCUT2D eigenvalue weighted by molar-refractivity contribution is 0.219. The Morgan fingerprint density at radius 1 is 1.53 bits per heavy atom. The molecule has 1 atom stereocenters. The van der Waals surface area contributed by atoms with Gasteiger partial charge in [-0.1, -0.05) is 0 Å². The van der Waals surface area contributed by atoms with E-state index in [1.807, 2.05) is 24.4 Å². The lowest BCUT2D eigenvalue weighted by atomic mass is 10.0. The van der Waals surface area contributed by atoms with Crippen LogP contribution >= 0.6 is 33.9 Å². The van der Waals surface area contributed by atoms with E-state index in [-0.39, 0.29) is 0 Å². The van der Waals surface area contributed by atoms with Crippen LogP contribution in [-0.4, -0.2) is 10.1 Å². The molecule has 0 saturated carbocycles. The van der Waals surface area contributed by atoms with Crippen molar-refractivity contribution in [2.75, 3.05) is 0 Å². The zero-order valence-electron chi connectivity index (χ0n) is 8.14. The minimum Gasteiger partial charge on any atom is -0.384 e. The third-order valence-electron chi connectivity index (χ3n) is 2.28. The highest BCUT2D eigenvalue weighted by atomic mass is 127. The van der Waals surface area contributed by atoms with E-state index in [2.05, 4.69) is 27.6 Å². The van der Waals surface area contributed by atoms with Crippen LogP contribution in [0.3, 0.4) is 0 Å². The minimum atomic E-state index is -0.557. The first-order valence-electron chi connectivity index (χ1n) is 4.51. The number of aromatic nitrogens is 1. The molecule has 2 rings (SSSR count). The van der Waals surface area contributed by atoms with Gasteiger partial charge in [0.2, 0.25) is 0 Å². The number of pyridine rings is 1. The van der Waals surface area contributed by atoms with Crippen LogP contribution in [0.4, 0.5) is 0 Å². The van der Waals surface area contributed by atoms with E-state index in [9.17, 15) is 5.11 Å². The molecule has 0 aliphatic carbocycles. The van der Waals surface area contributed by atoms with Gasteiger partial charge in [0, 0.05) is 18.0 Å². The summed E-state index contributed by atoms with van der Waals surface area (Å²) in [4.78, 5) is 4.04. The summed E-state index contributed by atoms with van der Waals surface area (Å²) >= 11 is 3.89. The Balaban J connectivity index is 2.36. The monoisotopic (exact) mass is 331 g/mol. The number of hydrogen-bond acceptors (Lipinski definition) is 3. The van der Waals surface area contributed by atoms with Gasteiger partial charge in [-0.05, 0) is 58.2 Å². The van der Waals surface area contributed by atoms with E-state index in [0.717, 1.165) is 16.7 Å². The van der Waals surface area contributed by atoms with E-state index in [0.29, 0.717) is 0 Å². The first-order valence-corrected chi connectivity index (χ1v) is 6.47. The number of hydrogen-bond donors (Lipinski definition) is 1. The third kappa shape index (κ3) is 2.38. The normalized spacial score (nSPS) is 12.7. The summed E-state index contributed by atoms with van der Waals surface area (Å²) < 4.78 is 1.18. The van der Waals surface area contributed by atoms with Crippen LogP contribution in [0.1, 0.15) is 22.8 Å². The van der Waals surface area contributed by atoms with Crippen LogP contribution in [0.25, 0.3) is 0 Å². The molecular formula is C11H10INOS. The van der Waals surface area contributed by atoms with Gasteiger partial charge < -0.3 is 5.11 Å². The molecule has 0 aliphatic rings. The van der Waals surface area contributed by atoms with Crippen molar-refractivity contribution in [1.82, 2.24) is 4.98 Å². The van der Waals surface area contributed by atoms with Gasteiger partial charge in [-0.15, -0.1) is 11.3 Å². The van der Waals surface area contributed by atoms with Crippen molar-refractivity contribution in [3.8, 4) is 0 Å². The fraction of sp³-hybridized carbons (Fsp3) is 0.182. The highest BCUT2D eigenvalue weighted by molar-refractivity contribution is 14.1. The summed E-state index contributed by atoms with van der Waals surface area (Å²) in [6.07, 6.45) is 2.91. The quantitative estimate of drug-likeness (QED) is 0.858. The van der Waals surface area contributed by atoms with Gasteiger partial charge in [0.05, 0.1) is 2.88 Å². The number of thiophene rings is 1. The number of aliphatic hydroxyl groups excluding tert-OH is 1. The Bertz CT molecular complexity index is 469. The van der Waals surface area contributed by atoms with E-state index < -0.39 is 6.10 Å². The maximum atomic E-state index is 10.1.